The summed E-state index contributed by atoms with van der Waals surface area (Å²) in [7, 11) is 0. The Morgan fingerprint density at radius 1 is 0.882 bits per heavy atom. The number of rotatable bonds is 8. The first-order valence-electron chi connectivity index (χ1n) is 7.31. The van der Waals surface area contributed by atoms with Gasteiger partial charge in [-0.05, 0) is 32.2 Å². The van der Waals surface area contributed by atoms with E-state index in [9.17, 15) is 5.11 Å². The van der Waals surface area contributed by atoms with Gasteiger partial charge in [0.25, 0.3) is 0 Å². The lowest BCUT2D eigenvalue weighted by Gasteiger charge is -2.27. The lowest BCUT2D eigenvalue weighted by atomic mass is 9.94. The molecule has 17 heavy (non-hydrogen) atoms. The molecule has 0 spiro atoms. The van der Waals surface area contributed by atoms with Gasteiger partial charge in [-0.1, -0.05) is 38.5 Å². The Morgan fingerprint density at radius 3 is 2.18 bits per heavy atom. The summed E-state index contributed by atoms with van der Waals surface area (Å²) < 4.78 is 0. The van der Waals surface area contributed by atoms with E-state index >= 15 is 0 Å². The van der Waals surface area contributed by atoms with E-state index in [-0.39, 0.29) is 0 Å². The van der Waals surface area contributed by atoms with E-state index in [0.29, 0.717) is 6.61 Å². The van der Waals surface area contributed by atoms with Crippen molar-refractivity contribution in [2.45, 2.75) is 69.8 Å². The summed E-state index contributed by atoms with van der Waals surface area (Å²) in [6.07, 6.45) is 11.2. The third-order valence-corrected chi connectivity index (χ3v) is 3.75. The predicted molar refractivity (Wildman–Crippen MR) is 71.1 cm³/mol. The number of hydrogen-bond donors (Lipinski definition) is 3. The molecule has 0 saturated heterocycles. The first-order valence-corrected chi connectivity index (χ1v) is 7.31. The van der Waals surface area contributed by atoms with Crippen molar-refractivity contribution in [3.05, 3.63) is 0 Å². The van der Waals surface area contributed by atoms with Gasteiger partial charge in [0.1, 0.15) is 0 Å². The summed E-state index contributed by atoms with van der Waals surface area (Å²) in [5.74, 6) is 0. The van der Waals surface area contributed by atoms with E-state index in [1.165, 1.54) is 32.1 Å². The average Bonchev–Trinajstić information content (AvgIpc) is 2.53. The molecule has 0 radical (unpaired) electrons. The summed E-state index contributed by atoms with van der Waals surface area (Å²) in [6, 6.07) is 0. The van der Waals surface area contributed by atoms with E-state index in [1.54, 1.807) is 0 Å². The fourth-order valence-corrected chi connectivity index (χ4v) is 2.60. The van der Waals surface area contributed by atoms with Gasteiger partial charge in [0.2, 0.25) is 0 Å². The van der Waals surface area contributed by atoms with E-state index in [0.717, 1.165) is 45.2 Å². The van der Waals surface area contributed by atoms with Crippen LogP contribution in [-0.4, -0.2) is 35.5 Å². The average molecular weight is 243 g/mol. The molecule has 1 saturated carbocycles. The second-order valence-electron chi connectivity index (χ2n) is 5.45. The van der Waals surface area contributed by atoms with Crippen LogP contribution in [-0.2, 0) is 0 Å². The fourth-order valence-electron chi connectivity index (χ4n) is 2.60. The number of aliphatic hydroxyl groups excluding tert-OH is 1. The minimum atomic E-state index is -0.443. The highest BCUT2D eigenvalue weighted by Crippen LogP contribution is 2.26. The van der Waals surface area contributed by atoms with Gasteiger partial charge in [-0.3, -0.25) is 0 Å². The molecule has 1 aliphatic rings. The zero-order chi connectivity index (χ0) is 12.4. The molecule has 0 aromatic rings. The molecule has 0 unspecified atom stereocenters. The SMILES string of the molecule is OCCCCCCNCC1(O)CCCCCC1. The van der Waals surface area contributed by atoms with Crippen LogP contribution in [0.4, 0.5) is 0 Å². The molecule has 0 bridgehead atoms. The van der Waals surface area contributed by atoms with Crippen molar-refractivity contribution in [3.8, 4) is 0 Å². The molecule has 0 aromatic heterocycles. The zero-order valence-electron chi connectivity index (χ0n) is 11.1. The first kappa shape index (κ1) is 14.9. The van der Waals surface area contributed by atoms with Gasteiger partial charge in [0.05, 0.1) is 5.60 Å². The Morgan fingerprint density at radius 2 is 1.53 bits per heavy atom. The monoisotopic (exact) mass is 243 g/mol. The van der Waals surface area contributed by atoms with Crippen molar-refractivity contribution in [2.24, 2.45) is 0 Å². The maximum atomic E-state index is 10.4. The van der Waals surface area contributed by atoms with E-state index in [4.69, 9.17) is 5.11 Å². The molecular formula is C14H29NO2. The van der Waals surface area contributed by atoms with Crippen LogP contribution in [0.2, 0.25) is 0 Å². The van der Waals surface area contributed by atoms with Crippen LogP contribution in [0.25, 0.3) is 0 Å². The molecule has 0 aromatic carbocycles. The van der Waals surface area contributed by atoms with Gasteiger partial charge in [-0.25, -0.2) is 0 Å². The largest absolute Gasteiger partial charge is 0.396 e. The molecule has 0 amide bonds. The maximum Gasteiger partial charge on any atom is 0.0771 e. The normalized spacial score (nSPS) is 20.1. The molecule has 3 heteroatoms. The van der Waals surface area contributed by atoms with Crippen LogP contribution < -0.4 is 5.32 Å². The van der Waals surface area contributed by atoms with Gasteiger partial charge < -0.3 is 15.5 Å². The van der Waals surface area contributed by atoms with Crippen LogP contribution in [0.3, 0.4) is 0 Å². The number of aliphatic hydroxyl groups is 2. The van der Waals surface area contributed by atoms with Gasteiger partial charge in [-0.15, -0.1) is 0 Å². The van der Waals surface area contributed by atoms with Crippen LogP contribution in [0, 0.1) is 0 Å². The van der Waals surface area contributed by atoms with E-state index < -0.39 is 5.60 Å². The van der Waals surface area contributed by atoms with Gasteiger partial charge in [0, 0.05) is 13.2 Å². The fraction of sp³-hybridized carbons (Fsp3) is 1.00. The number of nitrogens with one attached hydrogen (secondary N) is 1. The van der Waals surface area contributed by atoms with Gasteiger partial charge in [0.15, 0.2) is 0 Å². The smallest absolute Gasteiger partial charge is 0.0771 e. The lowest BCUT2D eigenvalue weighted by Crippen LogP contribution is -2.40. The quantitative estimate of drug-likeness (QED) is 0.452. The zero-order valence-corrected chi connectivity index (χ0v) is 11.1. The minimum absolute atomic E-state index is 0.313. The second-order valence-corrected chi connectivity index (χ2v) is 5.45. The summed E-state index contributed by atoms with van der Waals surface area (Å²) in [5.41, 5.74) is -0.443. The van der Waals surface area contributed by atoms with Gasteiger partial charge >= 0.3 is 0 Å². The Kier molecular flexibility index (Phi) is 7.82. The highest BCUT2D eigenvalue weighted by Gasteiger charge is 2.26. The van der Waals surface area contributed by atoms with E-state index in [2.05, 4.69) is 5.32 Å². The highest BCUT2D eigenvalue weighted by molar-refractivity contribution is 4.83. The molecular weight excluding hydrogens is 214 g/mol. The topological polar surface area (TPSA) is 52.5 Å². The summed E-state index contributed by atoms with van der Waals surface area (Å²) in [4.78, 5) is 0. The van der Waals surface area contributed by atoms with Crippen molar-refractivity contribution in [2.75, 3.05) is 19.7 Å². The van der Waals surface area contributed by atoms with Crippen molar-refractivity contribution in [1.29, 1.82) is 0 Å². The Bertz CT molecular complexity index is 177. The van der Waals surface area contributed by atoms with Crippen LogP contribution >= 0.6 is 0 Å². The van der Waals surface area contributed by atoms with Crippen molar-refractivity contribution in [3.63, 3.8) is 0 Å². The summed E-state index contributed by atoms with van der Waals surface area (Å²) >= 11 is 0. The predicted octanol–water partition coefficient (Wildman–Crippen LogP) is 2.21. The molecule has 0 aliphatic heterocycles. The molecule has 102 valence electrons. The highest BCUT2D eigenvalue weighted by atomic mass is 16.3. The van der Waals surface area contributed by atoms with Gasteiger partial charge in [-0.2, -0.15) is 0 Å². The third kappa shape index (κ3) is 7.02. The van der Waals surface area contributed by atoms with Crippen LogP contribution in [0.15, 0.2) is 0 Å². The minimum Gasteiger partial charge on any atom is -0.396 e. The molecule has 3 nitrogen and oxygen atoms in total. The van der Waals surface area contributed by atoms with Crippen LogP contribution in [0.1, 0.15) is 64.2 Å². The Hall–Kier alpha value is -0.120. The molecule has 3 N–H and O–H groups in total. The Balaban J connectivity index is 2.00. The Labute approximate surface area is 106 Å². The molecule has 0 heterocycles. The lowest BCUT2D eigenvalue weighted by molar-refractivity contribution is 0.0254. The summed E-state index contributed by atoms with van der Waals surface area (Å²) in [5, 5.41) is 22.4. The number of hydrogen-bond acceptors (Lipinski definition) is 3. The molecule has 1 fully saturated rings. The van der Waals surface area contributed by atoms with Crippen molar-refractivity contribution in [1.82, 2.24) is 5.32 Å². The van der Waals surface area contributed by atoms with Crippen molar-refractivity contribution >= 4 is 0 Å². The maximum absolute atomic E-state index is 10.4. The second kappa shape index (κ2) is 8.90. The molecule has 1 rings (SSSR count). The molecule has 1 aliphatic carbocycles. The standard InChI is InChI=1S/C14H29NO2/c16-12-8-4-3-7-11-15-13-14(17)9-5-1-2-6-10-14/h15-17H,1-13H2. The van der Waals surface area contributed by atoms with E-state index in [1.807, 2.05) is 0 Å². The molecule has 0 atom stereocenters. The van der Waals surface area contributed by atoms with Crippen LogP contribution in [0.5, 0.6) is 0 Å². The first-order chi connectivity index (χ1) is 8.27. The third-order valence-electron chi connectivity index (χ3n) is 3.75. The number of unbranched alkanes of at least 4 members (excludes halogenated alkanes) is 3. The van der Waals surface area contributed by atoms with Crippen molar-refractivity contribution < 1.29 is 10.2 Å². The summed E-state index contributed by atoms with van der Waals surface area (Å²) in [6.45, 7) is 2.06.